The van der Waals surface area contributed by atoms with E-state index < -0.39 is 0 Å². The number of benzene rings is 1. The fourth-order valence-electron chi connectivity index (χ4n) is 3.23. The van der Waals surface area contributed by atoms with Gasteiger partial charge in [-0.1, -0.05) is 18.2 Å². The molecule has 2 aromatic heterocycles. The molecule has 6 nitrogen and oxygen atoms in total. The Kier molecular flexibility index (Phi) is 4.64. The number of nitrogens with zero attached hydrogens (tertiary/aromatic N) is 4. The monoisotopic (exact) mass is 347 g/mol. The molecule has 0 bridgehead atoms. The molecule has 1 N–H and O–H groups in total. The molecule has 132 valence electrons. The second-order valence-electron chi connectivity index (χ2n) is 6.42. The molecular weight excluding hydrogens is 326 g/mol. The molecule has 3 heterocycles. The van der Waals surface area contributed by atoms with Crippen LogP contribution >= 0.6 is 0 Å². The predicted octanol–water partition coefficient (Wildman–Crippen LogP) is 3.05. The van der Waals surface area contributed by atoms with E-state index in [0.29, 0.717) is 0 Å². The van der Waals surface area contributed by atoms with Gasteiger partial charge in [0.1, 0.15) is 0 Å². The zero-order valence-electron chi connectivity index (χ0n) is 14.5. The molecule has 1 aromatic carbocycles. The SMILES string of the molecule is O=C(Cc1cnn(-c2ccccc2)c1)Nc1cccnc1N1CCCC1. The van der Waals surface area contributed by atoms with Gasteiger partial charge in [-0.2, -0.15) is 5.10 Å². The maximum atomic E-state index is 12.5. The van der Waals surface area contributed by atoms with Gasteiger partial charge in [0.05, 0.1) is 24.0 Å². The van der Waals surface area contributed by atoms with Crippen LogP contribution < -0.4 is 10.2 Å². The third-order valence-corrected chi connectivity index (χ3v) is 4.49. The predicted molar refractivity (Wildman–Crippen MR) is 102 cm³/mol. The van der Waals surface area contributed by atoms with Crippen molar-refractivity contribution in [2.24, 2.45) is 0 Å². The third-order valence-electron chi connectivity index (χ3n) is 4.49. The van der Waals surface area contributed by atoms with Gasteiger partial charge in [-0.25, -0.2) is 9.67 Å². The van der Waals surface area contributed by atoms with Gasteiger partial charge in [0.15, 0.2) is 5.82 Å². The lowest BCUT2D eigenvalue weighted by Gasteiger charge is -2.19. The van der Waals surface area contributed by atoms with Crippen molar-refractivity contribution in [3.63, 3.8) is 0 Å². The Balaban J connectivity index is 1.44. The second-order valence-corrected chi connectivity index (χ2v) is 6.42. The van der Waals surface area contributed by atoms with Crippen LogP contribution in [0.15, 0.2) is 61.1 Å². The molecule has 6 heteroatoms. The summed E-state index contributed by atoms with van der Waals surface area (Å²) in [7, 11) is 0. The number of aromatic nitrogens is 3. The van der Waals surface area contributed by atoms with Gasteiger partial charge >= 0.3 is 0 Å². The van der Waals surface area contributed by atoms with Crippen molar-refractivity contribution in [3.05, 3.63) is 66.6 Å². The first-order valence-corrected chi connectivity index (χ1v) is 8.88. The van der Waals surface area contributed by atoms with E-state index in [9.17, 15) is 4.79 Å². The Labute approximate surface area is 152 Å². The van der Waals surface area contributed by atoms with Crippen molar-refractivity contribution in [2.45, 2.75) is 19.3 Å². The normalized spacial score (nSPS) is 13.8. The largest absolute Gasteiger partial charge is 0.355 e. The van der Waals surface area contributed by atoms with E-state index >= 15 is 0 Å². The van der Waals surface area contributed by atoms with E-state index in [2.05, 4.69) is 20.3 Å². The number of hydrogen-bond donors (Lipinski definition) is 1. The highest BCUT2D eigenvalue weighted by atomic mass is 16.1. The van der Waals surface area contributed by atoms with E-state index in [-0.39, 0.29) is 12.3 Å². The zero-order chi connectivity index (χ0) is 17.8. The average Bonchev–Trinajstić information content (AvgIpc) is 3.35. The Morgan fingerprint density at radius 3 is 2.69 bits per heavy atom. The van der Waals surface area contributed by atoms with Crippen LogP contribution in [0.2, 0.25) is 0 Å². The topological polar surface area (TPSA) is 63.1 Å². The Hall–Kier alpha value is -3.15. The number of carbonyl (C=O) groups excluding carboxylic acids is 1. The molecule has 4 rings (SSSR count). The summed E-state index contributed by atoms with van der Waals surface area (Å²) in [5.74, 6) is 0.796. The van der Waals surface area contributed by atoms with E-state index in [1.54, 1.807) is 17.1 Å². The van der Waals surface area contributed by atoms with Crippen LogP contribution in [0.4, 0.5) is 11.5 Å². The van der Waals surface area contributed by atoms with Gasteiger partial charge in [-0.15, -0.1) is 0 Å². The molecule has 26 heavy (non-hydrogen) atoms. The molecular formula is C20H21N5O. The summed E-state index contributed by atoms with van der Waals surface area (Å²) < 4.78 is 1.78. The van der Waals surface area contributed by atoms with Gasteiger partial charge in [0.2, 0.25) is 5.91 Å². The summed E-state index contributed by atoms with van der Waals surface area (Å²) in [5.41, 5.74) is 2.62. The van der Waals surface area contributed by atoms with Crippen molar-refractivity contribution in [1.82, 2.24) is 14.8 Å². The summed E-state index contributed by atoms with van der Waals surface area (Å²) in [6.07, 6.45) is 8.01. The molecule has 0 saturated carbocycles. The third kappa shape index (κ3) is 3.59. The smallest absolute Gasteiger partial charge is 0.229 e. The van der Waals surface area contributed by atoms with Crippen LogP contribution in [0.5, 0.6) is 0 Å². The molecule has 1 saturated heterocycles. The number of nitrogens with one attached hydrogen (secondary N) is 1. The van der Waals surface area contributed by atoms with E-state index in [4.69, 9.17) is 0 Å². The summed E-state index contributed by atoms with van der Waals surface area (Å²) in [6.45, 7) is 1.98. The molecule has 0 unspecified atom stereocenters. The Bertz CT molecular complexity index is 884. The molecule has 1 amide bonds. The molecule has 1 aliphatic heterocycles. The summed E-state index contributed by atoms with van der Waals surface area (Å²) in [5, 5.41) is 7.35. The Morgan fingerprint density at radius 1 is 1.08 bits per heavy atom. The molecule has 3 aromatic rings. The average molecular weight is 347 g/mol. The van der Waals surface area contributed by atoms with Crippen molar-refractivity contribution in [3.8, 4) is 5.69 Å². The highest BCUT2D eigenvalue weighted by Gasteiger charge is 2.18. The fraction of sp³-hybridized carbons (Fsp3) is 0.250. The van der Waals surface area contributed by atoms with Gasteiger partial charge in [0.25, 0.3) is 0 Å². The van der Waals surface area contributed by atoms with Crippen LogP contribution in [0.25, 0.3) is 5.69 Å². The summed E-state index contributed by atoms with van der Waals surface area (Å²) in [6, 6.07) is 13.6. The van der Waals surface area contributed by atoms with E-state index in [1.165, 1.54) is 12.8 Å². The first-order valence-electron chi connectivity index (χ1n) is 8.88. The van der Waals surface area contributed by atoms with Gasteiger partial charge < -0.3 is 10.2 Å². The molecule has 1 fully saturated rings. The number of carbonyl (C=O) groups is 1. The minimum absolute atomic E-state index is 0.0638. The van der Waals surface area contributed by atoms with Crippen molar-refractivity contribution in [1.29, 1.82) is 0 Å². The number of pyridine rings is 1. The molecule has 0 radical (unpaired) electrons. The van der Waals surface area contributed by atoms with Crippen molar-refractivity contribution < 1.29 is 4.79 Å². The van der Waals surface area contributed by atoms with Gasteiger partial charge in [-0.05, 0) is 42.7 Å². The standard InChI is InChI=1S/C20H21N5O/c26-19(13-16-14-22-25(15-16)17-7-2-1-3-8-17)23-18-9-6-10-21-20(18)24-11-4-5-12-24/h1-3,6-10,14-15H,4-5,11-13H2,(H,23,26). The Morgan fingerprint density at radius 2 is 1.88 bits per heavy atom. The minimum Gasteiger partial charge on any atom is -0.355 e. The number of para-hydroxylation sites is 1. The molecule has 0 aliphatic carbocycles. The van der Waals surface area contributed by atoms with Crippen LogP contribution in [0.3, 0.4) is 0 Å². The number of anilines is 2. The van der Waals surface area contributed by atoms with Gasteiger partial charge in [0, 0.05) is 25.5 Å². The number of amides is 1. The maximum absolute atomic E-state index is 12.5. The fourth-order valence-corrected chi connectivity index (χ4v) is 3.23. The molecule has 0 spiro atoms. The first kappa shape index (κ1) is 16.3. The number of hydrogen-bond acceptors (Lipinski definition) is 4. The quantitative estimate of drug-likeness (QED) is 0.770. The van der Waals surface area contributed by atoms with E-state index in [1.807, 2.05) is 48.7 Å². The van der Waals surface area contributed by atoms with Crippen LogP contribution in [0.1, 0.15) is 18.4 Å². The van der Waals surface area contributed by atoms with Crippen LogP contribution in [0, 0.1) is 0 Å². The lowest BCUT2D eigenvalue weighted by atomic mass is 10.2. The second kappa shape index (κ2) is 7.39. The first-order chi connectivity index (χ1) is 12.8. The zero-order valence-corrected chi connectivity index (χ0v) is 14.5. The van der Waals surface area contributed by atoms with Crippen LogP contribution in [-0.2, 0) is 11.2 Å². The molecule has 0 atom stereocenters. The lowest BCUT2D eigenvalue weighted by Crippen LogP contribution is -2.22. The van der Waals surface area contributed by atoms with Crippen molar-refractivity contribution >= 4 is 17.4 Å². The summed E-state index contributed by atoms with van der Waals surface area (Å²) in [4.78, 5) is 19.2. The lowest BCUT2D eigenvalue weighted by molar-refractivity contribution is -0.115. The highest BCUT2D eigenvalue weighted by molar-refractivity contribution is 5.94. The minimum atomic E-state index is -0.0638. The highest BCUT2D eigenvalue weighted by Crippen LogP contribution is 2.26. The number of rotatable bonds is 5. The van der Waals surface area contributed by atoms with Crippen LogP contribution in [-0.4, -0.2) is 33.8 Å². The van der Waals surface area contributed by atoms with Gasteiger partial charge in [-0.3, -0.25) is 4.79 Å². The van der Waals surface area contributed by atoms with E-state index in [0.717, 1.165) is 35.8 Å². The summed E-state index contributed by atoms with van der Waals surface area (Å²) >= 11 is 0. The molecule has 1 aliphatic rings. The maximum Gasteiger partial charge on any atom is 0.229 e. The van der Waals surface area contributed by atoms with Crippen molar-refractivity contribution in [2.75, 3.05) is 23.3 Å².